The van der Waals surface area contributed by atoms with Gasteiger partial charge in [0.05, 0.1) is 7.11 Å². The highest BCUT2D eigenvalue weighted by molar-refractivity contribution is 5.63. The highest BCUT2D eigenvalue weighted by Crippen LogP contribution is 2.23. The van der Waals surface area contributed by atoms with Crippen molar-refractivity contribution in [2.45, 2.75) is 32.1 Å². The van der Waals surface area contributed by atoms with Crippen molar-refractivity contribution in [2.24, 2.45) is 0 Å². The van der Waals surface area contributed by atoms with Crippen LogP contribution in [-0.2, 0) is 11.2 Å². The summed E-state index contributed by atoms with van der Waals surface area (Å²) in [5.74, 6) is 1.23. The Morgan fingerprint density at radius 2 is 1.52 bits per heavy atom. The topological polar surface area (TPSA) is 26.3 Å². The van der Waals surface area contributed by atoms with Crippen LogP contribution in [0.5, 0.6) is 5.75 Å². The largest absolute Gasteiger partial charge is 0.497 e. The van der Waals surface area contributed by atoms with E-state index in [1.165, 1.54) is 11.1 Å². The first-order chi connectivity index (χ1) is 10.1. The maximum atomic E-state index is 11.4. The molecule has 0 heterocycles. The number of carbonyl (C=O) groups excluding carboxylic acids is 1. The lowest BCUT2D eigenvalue weighted by Gasteiger charge is -2.12. The fourth-order valence-corrected chi connectivity index (χ4v) is 2.39. The first-order valence-electron chi connectivity index (χ1n) is 7.32. The summed E-state index contributed by atoms with van der Waals surface area (Å²) in [5.41, 5.74) is 3.54. The van der Waals surface area contributed by atoms with Gasteiger partial charge >= 0.3 is 0 Å². The van der Waals surface area contributed by atoms with Gasteiger partial charge in [0.1, 0.15) is 12.0 Å². The van der Waals surface area contributed by atoms with Crippen LogP contribution in [0.3, 0.4) is 0 Å². The second-order valence-corrected chi connectivity index (χ2v) is 5.62. The van der Waals surface area contributed by atoms with Crippen LogP contribution >= 0.6 is 0 Å². The van der Waals surface area contributed by atoms with Gasteiger partial charge in [-0.1, -0.05) is 50.2 Å². The van der Waals surface area contributed by atoms with Crippen LogP contribution in [-0.4, -0.2) is 13.4 Å². The van der Waals surface area contributed by atoms with E-state index in [4.69, 9.17) is 4.74 Å². The van der Waals surface area contributed by atoms with E-state index in [1.807, 2.05) is 24.3 Å². The Kier molecular flexibility index (Phi) is 5.15. The highest BCUT2D eigenvalue weighted by atomic mass is 16.5. The number of aldehydes is 1. The van der Waals surface area contributed by atoms with E-state index in [2.05, 4.69) is 38.1 Å². The summed E-state index contributed by atoms with van der Waals surface area (Å²) >= 11 is 0. The van der Waals surface area contributed by atoms with E-state index in [-0.39, 0.29) is 5.92 Å². The number of methoxy groups -OCH3 is 1. The molecule has 0 bridgehead atoms. The van der Waals surface area contributed by atoms with E-state index < -0.39 is 0 Å². The highest BCUT2D eigenvalue weighted by Gasteiger charge is 2.12. The molecule has 0 N–H and O–H groups in total. The molecule has 2 rings (SSSR count). The van der Waals surface area contributed by atoms with Gasteiger partial charge in [0.2, 0.25) is 0 Å². The van der Waals surface area contributed by atoms with E-state index in [9.17, 15) is 4.79 Å². The molecule has 0 spiro atoms. The molecule has 0 aliphatic rings. The molecular formula is C19H22O2. The monoisotopic (exact) mass is 282 g/mol. The summed E-state index contributed by atoms with van der Waals surface area (Å²) in [6.07, 6.45) is 1.76. The molecule has 0 saturated heterocycles. The predicted molar refractivity (Wildman–Crippen MR) is 86.0 cm³/mol. The van der Waals surface area contributed by atoms with Gasteiger partial charge in [0, 0.05) is 5.92 Å². The zero-order valence-electron chi connectivity index (χ0n) is 12.9. The van der Waals surface area contributed by atoms with Crippen molar-refractivity contribution in [2.75, 3.05) is 7.11 Å². The average Bonchev–Trinajstić information content (AvgIpc) is 2.53. The molecule has 0 aromatic heterocycles. The second kappa shape index (κ2) is 7.07. The molecule has 2 aromatic carbocycles. The fraction of sp³-hybridized carbons (Fsp3) is 0.316. The van der Waals surface area contributed by atoms with E-state index >= 15 is 0 Å². The van der Waals surface area contributed by atoms with Gasteiger partial charge in [-0.3, -0.25) is 0 Å². The lowest BCUT2D eigenvalue weighted by molar-refractivity contribution is -0.109. The molecule has 21 heavy (non-hydrogen) atoms. The van der Waals surface area contributed by atoms with Crippen LogP contribution in [0.1, 0.15) is 42.4 Å². The maximum Gasteiger partial charge on any atom is 0.127 e. The van der Waals surface area contributed by atoms with E-state index in [0.717, 1.165) is 24.0 Å². The minimum Gasteiger partial charge on any atom is -0.497 e. The lowest BCUT2D eigenvalue weighted by atomic mass is 9.92. The molecule has 0 amide bonds. The molecule has 1 unspecified atom stereocenters. The molecule has 0 fully saturated rings. The van der Waals surface area contributed by atoms with Gasteiger partial charge in [-0.2, -0.15) is 0 Å². The number of hydrogen-bond donors (Lipinski definition) is 0. The third kappa shape index (κ3) is 3.94. The smallest absolute Gasteiger partial charge is 0.127 e. The van der Waals surface area contributed by atoms with Gasteiger partial charge in [-0.25, -0.2) is 0 Å². The van der Waals surface area contributed by atoms with Crippen LogP contribution in [0.2, 0.25) is 0 Å². The zero-order valence-corrected chi connectivity index (χ0v) is 12.9. The number of ether oxygens (including phenoxy) is 1. The third-order valence-electron chi connectivity index (χ3n) is 3.81. The van der Waals surface area contributed by atoms with E-state index in [0.29, 0.717) is 5.92 Å². The summed E-state index contributed by atoms with van der Waals surface area (Å²) in [4.78, 5) is 11.4. The van der Waals surface area contributed by atoms with Gasteiger partial charge < -0.3 is 9.53 Å². The van der Waals surface area contributed by atoms with Gasteiger partial charge in [0.15, 0.2) is 0 Å². The molecule has 2 heteroatoms. The molecule has 0 aliphatic heterocycles. The van der Waals surface area contributed by atoms with E-state index in [1.54, 1.807) is 7.11 Å². The normalized spacial score (nSPS) is 12.2. The van der Waals surface area contributed by atoms with Crippen LogP contribution in [0, 0.1) is 0 Å². The fourth-order valence-electron chi connectivity index (χ4n) is 2.39. The Hall–Kier alpha value is -2.09. The molecular weight excluding hydrogens is 260 g/mol. The molecule has 0 radical (unpaired) electrons. The Labute approximate surface area is 126 Å². The van der Waals surface area contributed by atoms with Crippen LogP contribution in [0.4, 0.5) is 0 Å². The number of rotatable bonds is 6. The minimum absolute atomic E-state index is 0.110. The van der Waals surface area contributed by atoms with Crippen molar-refractivity contribution >= 4 is 6.29 Å². The zero-order chi connectivity index (χ0) is 15.2. The average molecular weight is 282 g/mol. The summed E-state index contributed by atoms with van der Waals surface area (Å²) in [6.45, 7) is 4.36. The molecule has 110 valence electrons. The number of carbonyl (C=O) groups is 1. The van der Waals surface area contributed by atoms with Crippen LogP contribution in [0.15, 0.2) is 48.5 Å². The van der Waals surface area contributed by atoms with Crippen molar-refractivity contribution < 1.29 is 9.53 Å². The predicted octanol–water partition coefficient (Wildman–Crippen LogP) is 4.34. The number of hydrogen-bond acceptors (Lipinski definition) is 2. The quantitative estimate of drug-likeness (QED) is 0.737. The maximum absolute atomic E-state index is 11.4. The molecule has 2 aromatic rings. The van der Waals surface area contributed by atoms with Crippen molar-refractivity contribution in [3.05, 3.63) is 65.2 Å². The van der Waals surface area contributed by atoms with Gasteiger partial charge in [-0.05, 0) is 41.2 Å². The Morgan fingerprint density at radius 1 is 0.952 bits per heavy atom. The lowest BCUT2D eigenvalue weighted by Crippen LogP contribution is -2.04. The SMILES string of the molecule is COc1ccc(C(C=O)Cc2ccc(C(C)C)cc2)cc1. The summed E-state index contributed by atoms with van der Waals surface area (Å²) in [7, 11) is 1.64. The summed E-state index contributed by atoms with van der Waals surface area (Å²) in [5, 5.41) is 0. The van der Waals surface area contributed by atoms with Gasteiger partial charge in [-0.15, -0.1) is 0 Å². The Morgan fingerprint density at radius 3 is 2.00 bits per heavy atom. The molecule has 1 atom stereocenters. The summed E-state index contributed by atoms with van der Waals surface area (Å²) in [6, 6.07) is 16.2. The second-order valence-electron chi connectivity index (χ2n) is 5.62. The van der Waals surface area contributed by atoms with Crippen molar-refractivity contribution in [3.8, 4) is 5.75 Å². The Bertz CT molecular complexity index is 568. The Balaban J connectivity index is 2.12. The molecule has 2 nitrogen and oxygen atoms in total. The van der Waals surface area contributed by atoms with Crippen LogP contribution < -0.4 is 4.74 Å². The minimum atomic E-state index is -0.110. The van der Waals surface area contributed by atoms with Gasteiger partial charge in [0.25, 0.3) is 0 Å². The molecule has 0 aliphatic carbocycles. The van der Waals surface area contributed by atoms with Crippen molar-refractivity contribution in [3.63, 3.8) is 0 Å². The first-order valence-corrected chi connectivity index (χ1v) is 7.32. The first kappa shape index (κ1) is 15.3. The number of benzene rings is 2. The van der Waals surface area contributed by atoms with Crippen molar-refractivity contribution in [1.29, 1.82) is 0 Å². The van der Waals surface area contributed by atoms with Crippen molar-refractivity contribution in [1.82, 2.24) is 0 Å². The van der Waals surface area contributed by atoms with Crippen LogP contribution in [0.25, 0.3) is 0 Å². The molecule has 0 saturated carbocycles. The third-order valence-corrected chi connectivity index (χ3v) is 3.81. The summed E-state index contributed by atoms with van der Waals surface area (Å²) < 4.78 is 5.15. The standard InChI is InChI=1S/C19H22O2/c1-14(2)16-6-4-15(5-7-16)12-18(13-20)17-8-10-19(21-3)11-9-17/h4-11,13-14,18H,12H2,1-3H3.